The first-order valence-corrected chi connectivity index (χ1v) is 10.2. The Balaban J connectivity index is 1.45. The Morgan fingerprint density at radius 1 is 1.42 bits per heavy atom. The second-order valence-electron chi connectivity index (χ2n) is 8.30. The van der Waals surface area contributed by atoms with Crippen LogP contribution in [0.1, 0.15) is 32.3 Å². The highest BCUT2D eigenvalue weighted by Gasteiger charge is 2.34. The molecule has 2 amide bonds. The molecule has 0 spiro atoms. The van der Waals surface area contributed by atoms with Gasteiger partial charge >= 0.3 is 0 Å². The molecule has 1 saturated heterocycles. The Hall–Kier alpha value is -2.92. The van der Waals surface area contributed by atoms with Crippen molar-refractivity contribution in [1.82, 2.24) is 10.2 Å². The molecule has 2 heterocycles. The molecule has 0 aliphatic carbocycles. The van der Waals surface area contributed by atoms with Crippen molar-refractivity contribution < 1.29 is 29.4 Å². The molecule has 1 atom stereocenters. The molecule has 0 bridgehead atoms. The van der Waals surface area contributed by atoms with Crippen LogP contribution < -0.4 is 15.4 Å². The van der Waals surface area contributed by atoms with Crippen LogP contribution in [0.3, 0.4) is 0 Å². The van der Waals surface area contributed by atoms with E-state index in [9.17, 15) is 24.8 Å². The number of anilines is 1. The van der Waals surface area contributed by atoms with Crippen LogP contribution in [0, 0.1) is 10.1 Å². The van der Waals surface area contributed by atoms with Gasteiger partial charge in [0.25, 0.3) is 5.09 Å². The summed E-state index contributed by atoms with van der Waals surface area (Å²) >= 11 is 0. The van der Waals surface area contributed by atoms with Crippen molar-refractivity contribution in [2.45, 2.75) is 50.9 Å². The number of piperidine rings is 1. The number of amides is 2. The number of fused-ring (bicyclic) bond motifs is 1. The zero-order valence-electron chi connectivity index (χ0n) is 17.6. The number of carbonyl (C=O) groups is 2. The number of carbonyl (C=O) groups excluding carboxylic acids is 2. The van der Waals surface area contributed by atoms with E-state index in [4.69, 9.17) is 4.74 Å². The Bertz CT molecular complexity index is 837. The molecule has 2 aliphatic heterocycles. The number of aliphatic hydroxyl groups excluding tert-OH is 1. The summed E-state index contributed by atoms with van der Waals surface area (Å²) in [5, 5.41) is 25.8. The third-order valence-electron chi connectivity index (χ3n) is 5.45. The first-order chi connectivity index (χ1) is 14.7. The standard InChI is InChI=1S/C20H28N4O7/c1-20(2,19(27)23-8-6-14(7-9-23)31-24(28)29)21-11-13(25)12-30-17-5-3-4-16-15(17)10-18(26)22-16/h3-5,13-14,21,25H,6-12H2,1-2H3,(H,22,26). The predicted molar refractivity (Wildman–Crippen MR) is 110 cm³/mol. The van der Waals surface area contributed by atoms with Crippen molar-refractivity contribution in [2.75, 3.05) is 31.6 Å². The van der Waals surface area contributed by atoms with Crippen molar-refractivity contribution >= 4 is 17.5 Å². The summed E-state index contributed by atoms with van der Waals surface area (Å²) in [4.78, 5) is 41.1. The van der Waals surface area contributed by atoms with E-state index in [-0.39, 0.29) is 31.4 Å². The van der Waals surface area contributed by atoms with Crippen molar-refractivity contribution in [3.05, 3.63) is 33.9 Å². The van der Waals surface area contributed by atoms with Gasteiger partial charge in [-0.25, -0.2) is 0 Å². The normalized spacial score (nSPS) is 17.6. The van der Waals surface area contributed by atoms with E-state index >= 15 is 0 Å². The SMILES string of the molecule is CC(C)(NCC(O)COc1cccc2c1CC(=O)N2)C(=O)N1CCC(O[N+](=O)[O-])CC1. The molecular weight excluding hydrogens is 408 g/mol. The van der Waals surface area contributed by atoms with Gasteiger partial charge in [0.2, 0.25) is 11.8 Å². The largest absolute Gasteiger partial charge is 0.490 e. The maximum atomic E-state index is 12.8. The lowest BCUT2D eigenvalue weighted by molar-refractivity contribution is -0.769. The number of β-amino-alcohol motifs (C(OH)–C–C–N with tert-alkyl or cyclic N) is 1. The van der Waals surface area contributed by atoms with E-state index in [1.54, 1.807) is 36.9 Å². The minimum atomic E-state index is -0.928. The number of hydrogen-bond donors (Lipinski definition) is 3. The van der Waals surface area contributed by atoms with Crippen molar-refractivity contribution in [2.24, 2.45) is 0 Å². The minimum absolute atomic E-state index is 0.00549. The van der Waals surface area contributed by atoms with Crippen molar-refractivity contribution in [3.8, 4) is 5.75 Å². The van der Waals surface area contributed by atoms with Crippen LogP contribution in [-0.2, 0) is 20.8 Å². The van der Waals surface area contributed by atoms with Crippen LogP contribution in [0.2, 0.25) is 0 Å². The van der Waals surface area contributed by atoms with Crippen LogP contribution in [0.4, 0.5) is 5.69 Å². The predicted octanol–water partition coefficient (Wildman–Crippen LogP) is 0.488. The third-order valence-corrected chi connectivity index (χ3v) is 5.45. The maximum Gasteiger partial charge on any atom is 0.294 e. The summed E-state index contributed by atoms with van der Waals surface area (Å²) in [6, 6.07) is 5.32. The zero-order chi connectivity index (χ0) is 22.6. The van der Waals surface area contributed by atoms with Crippen LogP contribution >= 0.6 is 0 Å². The molecule has 1 aromatic rings. The molecule has 1 aromatic carbocycles. The lowest BCUT2D eigenvalue weighted by atomic mass is 10.00. The number of nitrogens with zero attached hydrogens (tertiary/aromatic N) is 2. The van der Waals surface area contributed by atoms with Crippen LogP contribution in [0.5, 0.6) is 5.75 Å². The molecular formula is C20H28N4O7. The molecule has 3 N–H and O–H groups in total. The third kappa shape index (κ3) is 5.82. The van der Waals surface area contributed by atoms with Gasteiger partial charge in [-0.2, -0.15) is 0 Å². The van der Waals surface area contributed by atoms with E-state index in [1.165, 1.54) is 0 Å². The Labute approximate surface area is 179 Å². The van der Waals surface area contributed by atoms with Crippen molar-refractivity contribution in [1.29, 1.82) is 0 Å². The summed E-state index contributed by atoms with van der Waals surface area (Å²) in [6.07, 6.45) is -0.313. The molecule has 11 nitrogen and oxygen atoms in total. The second kappa shape index (κ2) is 9.48. The molecule has 2 aliphatic rings. The van der Waals surface area contributed by atoms with E-state index in [2.05, 4.69) is 15.5 Å². The maximum absolute atomic E-state index is 12.8. The number of rotatable bonds is 9. The fourth-order valence-electron chi connectivity index (χ4n) is 3.73. The number of likely N-dealkylation sites (tertiary alicyclic amines) is 1. The van der Waals surface area contributed by atoms with Gasteiger partial charge in [0.05, 0.1) is 12.0 Å². The quantitative estimate of drug-likeness (QED) is 0.375. The van der Waals surface area contributed by atoms with Crippen LogP contribution in [-0.4, -0.2) is 70.9 Å². The summed E-state index contributed by atoms with van der Waals surface area (Å²) < 4.78 is 5.70. The first kappa shape index (κ1) is 22.8. The summed E-state index contributed by atoms with van der Waals surface area (Å²) in [6.45, 7) is 4.34. The molecule has 0 aromatic heterocycles. The van der Waals surface area contributed by atoms with Crippen LogP contribution in [0.15, 0.2) is 18.2 Å². The average Bonchev–Trinajstić information content (AvgIpc) is 3.11. The van der Waals surface area contributed by atoms with E-state index in [0.29, 0.717) is 37.4 Å². The van der Waals surface area contributed by atoms with Gasteiger partial charge in [0.15, 0.2) is 0 Å². The van der Waals surface area contributed by atoms with Gasteiger partial charge in [-0.3, -0.25) is 9.59 Å². The monoisotopic (exact) mass is 436 g/mol. The number of nitrogens with one attached hydrogen (secondary N) is 2. The molecule has 11 heteroatoms. The molecule has 170 valence electrons. The average molecular weight is 436 g/mol. The summed E-state index contributed by atoms with van der Waals surface area (Å²) in [7, 11) is 0. The second-order valence-corrected chi connectivity index (χ2v) is 8.30. The lowest BCUT2D eigenvalue weighted by Crippen LogP contribution is -2.57. The summed E-state index contributed by atoms with van der Waals surface area (Å²) in [5.41, 5.74) is 0.559. The van der Waals surface area contributed by atoms with E-state index in [1.807, 2.05) is 0 Å². The molecule has 31 heavy (non-hydrogen) atoms. The van der Waals surface area contributed by atoms with E-state index < -0.39 is 22.8 Å². The number of aliphatic hydroxyl groups is 1. The van der Waals surface area contributed by atoms with Gasteiger partial charge in [-0.05, 0) is 38.8 Å². The van der Waals surface area contributed by atoms with Gasteiger partial charge in [-0.1, -0.05) is 6.07 Å². The highest BCUT2D eigenvalue weighted by Crippen LogP contribution is 2.31. The molecule has 0 saturated carbocycles. The number of benzene rings is 1. The smallest absolute Gasteiger partial charge is 0.294 e. The number of hydrogen-bond acceptors (Lipinski definition) is 8. The van der Waals surface area contributed by atoms with Gasteiger partial charge < -0.3 is 30.2 Å². The molecule has 1 unspecified atom stereocenters. The Morgan fingerprint density at radius 3 is 2.81 bits per heavy atom. The highest BCUT2D eigenvalue weighted by molar-refractivity contribution is 6.00. The minimum Gasteiger partial charge on any atom is -0.490 e. The van der Waals surface area contributed by atoms with Crippen molar-refractivity contribution in [3.63, 3.8) is 0 Å². The van der Waals surface area contributed by atoms with Crippen LogP contribution in [0.25, 0.3) is 0 Å². The zero-order valence-corrected chi connectivity index (χ0v) is 17.6. The Kier molecular flexibility index (Phi) is 6.96. The van der Waals surface area contributed by atoms with Gasteiger partial charge in [0, 0.05) is 30.9 Å². The Morgan fingerprint density at radius 2 is 2.13 bits per heavy atom. The highest BCUT2D eigenvalue weighted by atomic mass is 17.0. The van der Waals surface area contributed by atoms with Gasteiger partial charge in [-0.15, -0.1) is 10.1 Å². The molecule has 0 radical (unpaired) electrons. The summed E-state index contributed by atoms with van der Waals surface area (Å²) in [5.74, 6) is 0.304. The first-order valence-electron chi connectivity index (χ1n) is 10.2. The van der Waals surface area contributed by atoms with Gasteiger partial charge in [0.1, 0.15) is 24.6 Å². The molecule has 1 fully saturated rings. The topological polar surface area (TPSA) is 143 Å². The van der Waals surface area contributed by atoms with E-state index in [0.717, 1.165) is 5.56 Å². The lowest BCUT2D eigenvalue weighted by Gasteiger charge is -2.37. The fourth-order valence-corrected chi connectivity index (χ4v) is 3.73. The molecule has 3 rings (SSSR count). The number of ether oxygens (including phenoxy) is 1. The fraction of sp³-hybridized carbons (Fsp3) is 0.600.